The van der Waals surface area contributed by atoms with Gasteiger partial charge in [0, 0.05) is 35.7 Å². The Kier molecular flexibility index (Phi) is 5.71. The number of aromatic nitrogens is 1. The third-order valence-electron chi connectivity index (χ3n) is 4.24. The third kappa shape index (κ3) is 4.44. The molecule has 0 aliphatic carbocycles. The quantitative estimate of drug-likeness (QED) is 0.685. The van der Waals surface area contributed by atoms with E-state index in [1.807, 2.05) is 30.3 Å². The Bertz CT molecular complexity index is 940. The number of rotatable bonds is 6. The van der Waals surface area contributed by atoms with Gasteiger partial charge in [0.25, 0.3) is 5.91 Å². The van der Waals surface area contributed by atoms with Crippen molar-refractivity contribution in [3.63, 3.8) is 0 Å². The zero-order chi connectivity index (χ0) is 19.2. The molecule has 0 aliphatic heterocycles. The molecule has 0 aliphatic rings. The van der Waals surface area contributed by atoms with E-state index in [0.29, 0.717) is 17.0 Å². The van der Waals surface area contributed by atoms with Gasteiger partial charge in [-0.15, -0.1) is 0 Å². The first-order valence-electron chi connectivity index (χ1n) is 8.86. The minimum atomic E-state index is -0.188. The number of methoxy groups -OCH3 is 1. The first kappa shape index (κ1) is 18.5. The summed E-state index contributed by atoms with van der Waals surface area (Å²) in [4.78, 5) is 19.2. The molecule has 1 N–H and O–H groups in total. The molecule has 0 spiro atoms. The molecule has 3 aromatic rings. The molecule has 1 aromatic heterocycles. The number of nitrogens with one attached hydrogen (secondary N) is 1. The lowest BCUT2D eigenvalue weighted by atomic mass is 10.2. The molecule has 0 unspecified atom stereocenters. The predicted molar refractivity (Wildman–Crippen MR) is 109 cm³/mol. The van der Waals surface area contributed by atoms with Gasteiger partial charge in [0.2, 0.25) is 0 Å². The van der Waals surface area contributed by atoms with Gasteiger partial charge in [-0.25, -0.2) is 4.98 Å². The summed E-state index contributed by atoms with van der Waals surface area (Å²) in [6, 6.07) is 19.0. The van der Waals surface area contributed by atoms with Crippen molar-refractivity contribution >= 4 is 23.1 Å². The summed E-state index contributed by atoms with van der Waals surface area (Å²) in [5.74, 6) is 1.24. The van der Waals surface area contributed by atoms with Gasteiger partial charge < -0.3 is 15.0 Å². The van der Waals surface area contributed by atoms with Crippen LogP contribution in [-0.2, 0) is 0 Å². The maximum absolute atomic E-state index is 12.7. The third-order valence-corrected chi connectivity index (χ3v) is 4.24. The fourth-order valence-electron chi connectivity index (χ4n) is 2.88. The number of amides is 1. The zero-order valence-electron chi connectivity index (χ0n) is 15.8. The average molecular weight is 361 g/mol. The fraction of sp³-hybridized carbons (Fsp3) is 0.182. The van der Waals surface area contributed by atoms with Crippen LogP contribution in [0.1, 0.15) is 22.8 Å². The minimum Gasteiger partial charge on any atom is -0.497 e. The zero-order valence-corrected chi connectivity index (χ0v) is 15.8. The lowest BCUT2D eigenvalue weighted by molar-refractivity contribution is 0.102. The van der Waals surface area contributed by atoms with Crippen molar-refractivity contribution in [3.8, 4) is 5.75 Å². The largest absolute Gasteiger partial charge is 0.497 e. The Morgan fingerprint density at radius 3 is 2.67 bits per heavy atom. The van der Waals surface area contributed by atoms with Crippen LogP contribution >= 0.6 is 0 Å². The van der Waals surface area contributed by atoms with E-state index in [1.54, 1.807) is 31.5 Å². The number of nitrogens with zero attached hydrogens (tertiary/aromatic N) is 2. The van der Waals surface area contributed by atoms with Crippen LogP contribution in [0.2, 0.25) is 0 Å². The van der Waals surface area contributed by atoms with Crippen LogP contribution in [0.4, 0.5) is 17.2 Å². The van der Waals surface area contributed by atoms with E-state index in [4.69, 9.17) is 4.74 Å². The van der Waals surface area contributed by atoms with Crippen LogP contribution in [0.5, 0.6) is 5.75 Å². The SMILES string of the molecule is CCN(c1cccc(C)c1)c1cc(C(=O)Nc2cccc(OC)c2)ccn1. The highest BCUT2D eigenvalue weighted by atomic mass is 16.5. The summed E-state index contributed by atoms with van der Waals surface area (Å²) in [7, 11) is 1.60. The van der Waals surface area contributed by atoms with Gasteiger partial charge in [-0.2, -0.15) is 0 Å². The van der Waals surface area contributed by atoms with Crippen molar-refractivity contribution in [2.45, 2.75) is 13.8 Å². The van der Waals surface area contributed by atoms with E-state index in [-0.39, 0.29) is 5.91 Å². The highest BCUT2D eigenvalue weighted by Crippen LogP contribution is 2.25. The Morgan fingerprint density at radius 1 is 1.11 bits per heavy atom. The molecule has 138 valence electrons. The van der Waals surface area contributed by atoms with Crippen LogP contribution in [-0.4, -0.2) is 24.5 Å². The number of anilines is 3. The Balaban J connectivity index is 1.84. The normalized spacial score (nSPS) is 10.3. The van der Waals surface area contributed by atoms with Gasteiger partial charge in [-0.1, -0.05) is 18.2 Å². The minimum absolute atomic E-state index is 0.188. The predicted octanol–water partition coefficient (Wildman–Crippen LogP) is 4.81. The van der Waals surface area contributed by atoms with Gasteiger partial charge in [0.05, 0.1) is 7.11 Å². The van der Waals surface area contributed by atoms with Gasteiger partial charge in [0.15, 0.2) is 0 Å². The van der Waals surface area contributed by atoms with E-state index in [9.17, 15) is 4.79 Å². The molecular weight excluding hydrogens is 338 g/mol. The smallest absolute Gasteiger partial charge is 0.255 e. The number of benzene rings is 2. The van der Waals surface area contributed by atoms with E-state index in [0.717, 1.165) is 18.1 Å². The summed E-state index contributed by atoms with van der Waals surface area (Å²) < 4.78 is 5.20. The molecule has 0 fully saturated rings. The van der Waals surface area contributed by atoms with Gasteiger partial charge in [-0.05, 0) is 55.8 Å². The molecule has 0 saturated heterocycles. The topological polar surface area (TPSA) is 54.5 Å². The molecule has 0 saturated carbocycles. The van der Waals surface area contributed by atoms with E-state index >= 15 is 0 Å². The molecule has 0 atom stereocenters. The van der Waals surface area contributed by atoms with Crippen molar-refractivity contribution in [2.75, 3.05) is 23.9 Å². The fourth-order valence-corrected chi connectivity index (χ4v) is 2.88. The van der Waals surface area contributed by atoms with Crippen molar-refractivity contribution in [2.24, 2.45) is 0 Å². The highest BCUT2D eigenvalue weighted by Gasteiger charge is 2.13. The summed E-state index contributed by atoms with van der Waals surface area (Å²) in [6.45, 7) is 4.87. The summed E-state index contributed by atoms with van der Waals surface area (Å²) in [5, 5.41) is 2.90. The summed E-state index contributed by atoms with van der Waals surface area (Å²) >= 11 is 0. The molecule has 0 radical (unpaired) electrons. The van der Waals surface area contributed by atoms with Gasteiger partial charge >= 0.3 is 0 Å². The van der Waals surface area contributed by atoms with Crippen molar-refractivity contribution in [3.05, 3.63) is 78.0 Å². The average Bonchev–Trinajstić information content (AvgIpc) is 2.69. The van der Waals surface area contributed by atoms with Crippen LogP contribution < -0.4 is 15.0 Å². The molecular formula is C22H23N3O2. The van der Waals surface area contributed by atoms with E-state index in [2.05, 4.69) is 41.2 Å². The molecule has 1 heterocycles. The number of aryl methyl sites for hydroxylation is 1. The Hall–Kier alpha value is -3.34. The van der Waals surface area contributed by atoms with E-state index < -0.39 is 0 Å². The number of carbonyl (C=O) groups excluding carboxylic acids is 1. The number of pyridine rings is 1. The number of ether oxygens (including phenoxy) is 1. The summed E-state index contributed by atoms with van der Waals surface area (Å²) in [5.41, 5.74) is 3.46. The molecule has 3 rings (SSSR count). The van der Waals surface area contributed by atoms with E-state index in [1.165, 1.54) is 5.56 Å². The number of hydrogen-bond donors (Lipinski definition) is 1. The molecule has 0 bridgehead atoms. The maximum Gasteiger partial charge on any atom is 0.255 e. The first-order chi connectivity index (χ1) is 13.1. The molecule has 27 heavy (non-hydrogen) atoms. The molecule has 1 amide bonds. The second kappa shape index (κ2) is 8.36. The first-order valence-corrected chi connectivity index (χ1v) is 8.86. The molecule has 5 heteroatoms. The van der Waals surface area contributed by atoms with Crippen LogP contribution in [0.25, 0.3) is 0 Å². The van der Waals surface area contributed by atoms with Crippen molar-refractivity contribution in [1.29, 1.82) is 0 Å². The Morgan fingerprint density at radius 2 is 1.93 bits per heavy atom. The van der Waals surface area contributed by atoms with Crippen molar-refractivity contribution < 1.29 is 9.53 Å². The molecule has 2 aromatic carbocycles. The van der Waals surface area contributed by atoms with Crippen molar-refractivity contribution in [1.82, 2.24) is 4.98 Å². The second-order valence-electron chi connectivity index (χ2n) is 6.17. The van der Waals surface area contributed by atoms with Crippen LogP contribution in [0, 0.1) is 6.92 Å². The Labute approximate surface area is 159 Å². The highest BCUT2D eigenvalue weighted by molar-refractivity contribution is 6.04. The lowest BCUT2D eigenvalue weighted by Gasteiger charge is -2.23. The standard InChI is InChI=1S/C22H23N3O2/c1-4-25(19-9-5-7-16(2)13-19)21-14-17(11-12-23-21)22(26)24-18-8-6-10-20(15-18)27-3/h5-15H,4H2,1-3H3,(H,24,26). The number of hydrogen-bond acceptors (Lipinski definition) is 4. The summed E-state index contributed by atoms with van der Waals surface area (Å²) in [6.07, 6.45) is 1.66. The monoisotopic (exact) mass is 361 g/mol. The second-order valence-corrected chi connectivity index (χ2v) is 6.17. The van der Waals surface area contributed by atoms with Crippen LogP contribution in [0.15, 0.2) is 66.9 Å². The van der Waals surface area contributed by atoms with Gasteiger partial charge in [-0.3, -0.25) is 4.79 Å². The lowest BCUT2D eigenvalue weighted by Crippen LogP contribution is -2.19. The van der Waals surface area contributed by atoms with Crippen LogP contribution in [0.3, 0.4) is 0 Å². The number of carbonyl (C=O) groups is 1. The maximum atomic E-state index is 12.7. The van der Waals surface area contributed by atoms with Gasteiger partial charge in [0.1, 0.15) is 11.6 Å². The molecule has 5 nitrogen and oxygen atoms in total.